The average molecular weight is 250 g/mol. The molecule has 0 N–H and O–H groups in total. The molecule has 18 heavy (non-hydrogen) atoms. The molecule has 2 aliphatic rings. The van der Waals surface area contributed by atoms with Crippen LogP contribution in [-0.4, -0.2) is 0 Å². The Labute approximate surface area is 115 Å². The van der Waals surface area contributed by atoms with E-state index in [4.69, 9.17) is 0 Å². The van der Waals surface area contributed by atoms with E-state index in [-0.39, 0.29) is 0 Å². The van der Waals surface area contributed by atoms with Gasteiger partial charge in [0.15, 0.2) is 0 Å². The minimum atomic E-state index is 1.10. The van der Waals surface area contributed by atoms with Crippen molar-refractivity contribution in [2.45, 2.75) is 103 Å². The molecule has 0 bridgehead atoms. The molecule has 0 saturated heterocycles. The third kappa shape index (κ3) is 5.33. The van der Waals surface area contributed by atoms with E-state index >= 15 is 0 Å². The van der Waals surface area contributed by atoms with E-state index in [0.29, 0.717) is 0 Å². The van der Waals surface area contributed by atoms with Crippen molar-refractivity contribution in [1.82, 2.24) is 0 Å². The number of rotatable bonds is 1. The number of hydrogen-bond donors (Lipinski definition) is 0. The zero-order valence-electron chi connectivity index (χ0n) is 12.5. The highest BCUT2D eigenvalue weighted by molar-refractivity contribution is 4.74. The van der Waals surface area contributed by atoms with Crippen molar-refractivity contribution in [3.05, 3.63) is 0 Å². The zero-order chi connectivity index (χ0) is 12.5. The molecule has 0 aliphatic heterocycles. The second kappa shape index (κ2) is 8.99. The summed E-state index contributed by atoms with van der Waals surface area (Å²) < 4.78 is 0. The van der Waals surface area contributed by atoms with Crippen LogP contribution in [0.15, 0.2) is 0 Å². The van der Waals surface area contributed by atoms with Gasteiger partial charge in [0.2, 0.25) is 0 Å². The van der Waals surface area contributed by atoms with E-state index in [0.717, 1.165) is 11.8 Å². The van der Waals surface area contributed by atoms with Crippen molar-refractivity contribution in [1.29, 1.82) is 0 Å². The summed E-state index contributed by atoms with van der Waals surface area (Å²) in [4.78, 5) is 0. The van der Waals surface area contributed by atoms with Gasteiger partial charge >= 0.3 is 0 Å². The fourth-order valence-corrected chi connectivity index (χ4v) is 4.27. The van der Waals surface area contributed by atoms with Crippen molar-refractivity contribution in [2.75, 3.05) is 0 Å². The molecule has 0 atom stereocenters. The van der Waals surface area contributed by atoms with Crippen LogP contribution in [0, 0.1) is 11.8 Å². The first-order chi connectivity index (χ1) is 8.97. The largest absolute Gasteiger partial charge is 0.0533 e. The van der Waals surface area contributed by atoms with Gasteiger partial charge < -0.3 is 0 Å². The summed E-state index contributed by atoms with van der Waals surface area (Å²) in [6, 6.07) is 0. The van der Waals surface area contributed by atoms with Crippen LogP contribution in [0.5, 0.6) is 0 Å². The van der Waals surface area contributed by atoms with E-state index in [9.17, 15) is 0 Å². The molecule has 106 valence electrons. The Hall–Kier alpha value is 0. The standard InChI is InChI=1S/C18H34/c1-2-4-6-9-13-17(14-10-7-5-3-1)18-15-11-8-12-16-18/h17-18H,1-16H2. The van der Waals surface area contributed by atoms with Gasteiger partial charge in [-0.3, -0.25) is 0 Å². The molecule has 0 heterocycles. The maximum Gasteiger partial charge on any atom is -0.0386 e. The topological polar surface area (TPSA) is 0 Å². The first-order valence-electron chi connectivity index (χ1n) is 8.97. The summed E-state index contributed by atoms with van der Waals surface area (Å²) in [5, 5.41) is 0. The van der Waals surface area contributed by atoms with Gasteiger partial charge in [0.05, 0.1) is 0 Å². The van der Waals surface area contributed by atoms with Gasteiger partial charge in [0.1, 0.15) is 0 Å². The van der Waals surface area contributed by atoms with Gasteiger partial charge in [0.25, 0.3) is 0 Å². The second-order valence-corrected chi connectivity index (χ2v) is 6.92. The zero-order valence-corrected chi connectivity index (χ0v) is 12.5. The highest BCUT2D eigenvalue weighted by Gasteiger charge is 2.22. The predicted molar refractivity (Wildman–Crippen MR) is 80.9 cm³/mol. The lowest BCUT2D eigenvalue weighted by Gasteiger charge is -2.30. The molecule has 2 aliphatic carbocycles. The van der Waals surface area contributed by atoms with Crippen LogP contribution < -0.4 is 0 Å². The molecule has 0 spiro atoms. The lowest BCUT2D eigenvalue weighted by molar-refractivity contribution is 0.214. The van der Waals surface area contributed by atoms with E-state index in [1.54, 1.807) is 25.7 Å². The van der Waals surface area contributed by atoms with Gasteiger partial charge in [0, 0.05) is 0 Å². The van der Waals surface area contributed by atoms with Crippen LogP contribution in [0.4, 0.5) is 0 Å². The Morgan fingerprint density at radius 3 is 0.833 bits per heavy atom. The quantitative estimate of drug-likeness (QED) is 0.499. The van der Waals surface area contributed by atoms with Crippen molar-refractivity contribution < 1.29 is 0 Å². The fraction of sp³-hybridized carbons (Fsp3) is 1.00. The van der Waals surface area contributed by atoms with Crippen LogP contribution in [0.3, 0.4) is 0 Å². The molecule has 2 rings (SSSR count). The van der Waals surface area contributed by atoms with Gasteiger partial charge in [-0.25, -0.2) is 0 Å². The maximum atomic E-state index is 1.56. The summed E-state index contributed by atoms with van der Waals surface area (Å²) in [5.74, 6) is 2.21. The van der Waals surface area contributed by atoms with Crippen LogP contribution in [0.25, 0.3) is 0 Å². The first-order valence-corrected chi connectivity index (χ1v) is 8.97. The normalized spacial score (nSPS) is 27.3. The molecule has 0 heteroatoms. The molecular weight excluding hydrogens is 216 g/mol. The molecular formula is C18H34. The summed E-state index contributed by atoms with van der Waals surface area (Å²) in [5.41, 5.74) is 0. The maximum absolute atomic E-state index is 1.56. The molecule has 0 amide bonds. The van der Waals surface area contributed by atoms with Gasteiger partial charge in [-0.15, -0.1) is 0 Å². The summed E-state index contributed by atoms with van der Waals surface area (Å²) in [7, 11) is 0. The Balaban J connectivity index is 1.76. The molecule has 0 aromatic heterocycles. The fourth-order valence-electron chi connectivity index (χ4n) is 4.27. The van der Waals surface area contributed by atoms with E-state index in [1.807, 2.05) is 0 Å². The number of hydrogen-bond acceptors (Lipinski definition) is 0. The Morgan fingerprint density at radius 1 is 0.278 bits per heavy atom. The summed E-state index contributed by atoms with van der Waals surface area (Å²) >= 11 is 0. The molecule has 0 radical (unpaired) electrons. The molecule has 2 saturated carbocycles. The second-order valence-electron chi connectivity index (χ2n) is 6.92. The average Bonchev–Trinajstić information content (AvgIpc) is 2.40. The lowest BCUT2D eigenvalue weighted by atomic mass is 9.75. The Bertz CT molecular complexity index is 178. The van der Waals surface area contributed by atoms with E-state index < -0.39 is 0 Å². The highest BCUT2D eigenvalue weighted by Crippen LogP contribution is 2.36. The van der Waals surface area contributed by atoms with Crippen LogP contribution >= 0.6 is 0 Å². The SMILES string of the molecule is C1CCCCCC(C2CCCCC2)CCCCC1. The highest BCUT2D eigenvalue weighted by atomic mass is 14.3. The lowest BCUT2D eigenvalue weighted by Crippen LogP contribution is -2.18. The van der Waals surface area contributed by atoms with Crippen LogP contribution in [0.1, 0.15) is 103 Å². The Morgan fingerprint density at radius 2 is 0.500 bits per heavy atom. The Kier molecular flexibility index (Phi) is 7.20. The van der Waals surface area contributed by atoms with Crippen molar-refractivity contribution in [2.24, 2.45) is 11.8 Å². The van der Waals surface area contributed by atoms with Crippen LogP contribution in [0.2, 0.25) is 0 Å². The summed E-state index contributed by atoms with van der Waals surface area (Å²) in [6.07, 6.45) is 24.5. The van der Waals surface area contributed by atoms with Crippen molar-refractivity contribution in [3.8, 4) is 0 Å². The monoisotopic (exact) mass is 250 g/mol. The van der Waals surface area contributed by atoms with Gasteiger partial charge in [-0.05, 0) is 11.8 Å². The van der Waals surface area contributed by atoms with Crippen molar-refractivity contribution in [3.63, 3.8) is 0 Å². The predicted octanol–water partition coefficient (Wildman–Crippen LogP) is 6.49. The van der Waals surface area contributed by atoms with E-state index in [2.05, 4.69) is 0 Å². The van der Waals surface area contributed by atoms with Gasteiger partial charge in [-0.2, -0.15) is 0 Å². The van der Waals surface area contributed by atoms with E-state index in [1.165, 1.54) is 77.0 Å². The van der Waals surface area contributed by atoms with Gasteiger partial charge in [-0.1, -0.05) is 103 Å². The minimum absolute atomic E-state index is 1.10. The third-order valence-corrected chi connectivity index (χ3v) is 5.47. The smallest absolute Gasteiger partial charge is 0.0386 e. The van der Waals surface area contributed by atoms with Crippen molar-refractivity contribution >= 4 is 0 Å². The molecule has 0 nitrogen and oxygen atoms in total. The minimum Gasteiger partial charge on any atom is -0.0533 e. The molecule has 2 fully saturated rings. The molecule has 0 aromatic rings. The molecule has 0 unspecified atom stereocenters. The summed E-state index contributed by atoms with van der Waals surface area (Å²) in [6.45, 7) is 0. The first kappa shape index (κ1) is 14.4. The third-order valence-electron chi connectivity index (χ3n) is 5.47. The molecule has 0 aromatic carbocycles. The van der Waals surface area contributed by atoms with Crippen LogP contribution in [-0.2, 0) is 0 Å².